The maximum absolute atomic E-state index is 13.4. The third-order valence-electron chi connectivity index (χ3n) is 5.97. The molecule has 0 unspecified atom stereocenters. The van der Waals surface area contributed by atoms with Crippen molar-refractivity contribution in [1.82, 2.24) is 4.98 Å². The largest absolute Gasteiger partial charge is 0.465 e. The topological polar surface area (TPSA) is 39.2 Å². The highest BCUT2D eigenvalue weighted by molar-refractivity contribution is 5.76. The first-order valence-corrected chi connectivity index (χ1v) is 9.84. The molecule has 1 fully saturated rings. The van der Waals surface area contributed by atoms with Crippen molar-refractivity contribution in [2.75, 3.05) is 6.61 Å². The number of halogens is 1. The first kappa shape index (κ1) is 17.8. The maximum atomic E-state index is 13.4. The molecule has 5 rings (SSSR count). The Kier molecular flexibility index (Phi) is 4.47. The zero-order chi connectivity index (χ0) is 19.8. The van der Waals surface area contributed by atoms with Gasteiger partial charge in [0.2, 0.25) is 0 Å². The van der Waals surface area contributed by atoms with E-state index in [0.29, 0.717) is 6.61 Å². The Labute approximate surface area is 168 Å². The summed E-state index contributed by atoms with van der Waals surface area (Å²) in [5.74, 6) is -0.116. The van der Waals surface area contributed by atoms with E-state index in [1.807, 2.05) is 36.4 Å². The molecule has 0 saturated carbocycles. The van der Waals surface area contributed by atoms with Gasteiger partial charge >= 0.3 is 5.97 Å². The molecular weight excluding hydrogens is 365 g/mol. The number of rotatable bonds is 3. The Balaban J connectivity index is 1.42. The molecule has 1 aliphatic heterocycles. The van der Waals surface area contributed by atoms with E-state index in [9.17, 15) is 9.18 Å². The minimum atomic E-state index is -0.259. The summed E-state index contributed by atoms with van der Waals surface area (Å²) in [6, 6.07) is 18.7. The second-order valence-corrected chi connectivity index (χ2v) is 7.67. The Morgan fingerprint density at radius 3 is 2.76 bits per heavy atom. The molecule has 0 bridgehead atoms. The second-order valence-electron chi connectivity index (χ2n) is 7.67. The van der Waals surface area contributed by atoms with Crippen molar-refractivity contribution in [3.63, 3.8) is 0 Å². The Bertz CT molecular complexity index is 1090. The molecule has 0 radical (unpaired) electrons. The van der Waals surface area contributed by atoms with Gasteiger partial charge < -0.3 is 4.74 Å². The number of carbonyl (C=O) groups is 1. The summed E-state index contributed by atoms with van der Waals surface area (Å²) in [6.07, 6.45) is 6.66. The molecule has 3 atom stereocenters. The molecule has 2 aliphatic rings. The average Bonchev–Trinajstić information content (AvgIpc) is 3.12. The van der Waals surface area contributed by atoms with Gasteiger partial charge in [-0.05, 0) is 47.4 Å². The number of hydrogen-bond acceptors (Lipinski definition) is 3. The van der Waals surface area contributed by atoms with Crippen LogP contribution in [-0.2, 0) is 16.0 Å². The van der Waals surface area contributed by atoms with Gasteiger partial charge in [-0.1, -0.05) is 48.5 Å². The summed E-state index contributed by atoms with van der Waals surface area (Å²) < 4.78 is 18.8. The van der Waals surface area contributed by atoms with E-state index in [-0.39, 0.29) is 29.5 Å². The summed E-state index contributed by atoms with van der Waals surface area (Å²) >= 11 is 0. The molecule has 2 heterocycles. The zero-order valence-electron chi connectivity index (χ0n) is 15.8. The fourth-order valence-corrected chi connectivity index (χ4v) is 4.47. The van der Waals surface area contributed by atoms with Crippen molar-refractivity contribution in [3.8, 4) is 11.1 Å². The fraction of sp³-hybridized carbons (Fsp3) is 0.200. The predicted octanol–water partition coefficient (Wildman–Crippen LogP) is 5.03. The van der Waals surface area contributed by atoms with Crippen LogP contribution in [0.25, 0.3) is 17.2 Å². The minimum Gasteiger partial charge on any atom is -0.465 e. The number of carbonyl (C=O) groups excluding carboxylic acids is 1. The van der Waals surface area contributed by atoms with Gasteiger partial charge in [0.25, 0.3) is 0 Å². The highest BCUT2D eigenvalue weighted by atomic mass is 19.1. The monoisotopic (exact) mass is 385 g/mol. The van der Waals surface area contributed by atoms with E-state index in [2.05, 4.69) is 23.2 Å². The number of cyclic esters (lactones) is 1. The first-order chi connectivity index (χ1) is 14.2. The lowest BCUT2D eigenvalue weighted by Crippen LogP contribution is -2.29. The van der Waals surface area contributed by atoms with Crippen LogP contribution < -0.4 is 0 Å². The maximum Gasteiger partial charge on any atom is 0.309 e. The molecule has 2 aromatic carbocycles. The normalized spacial score (nSPS) is 22.9. The summed E-state index contributed by atoms with van der Waals surface area (Å²) in [7, 11) is 0. The van der Waals surface area contributed by atoms with Crippen LogP contribution in [-0.4, -0.2) is 17.6 Å². The molecule has 0 amide bonds. The number of ether oxygens (including phenoxy) is 1. The molecule has 0 spiro atoms. The average molecular weight is 385 g/mol. The highest BCUT2D eigenvalue weighted by Gasteiger charge is 2.44. The number of fused-ring (bicyclic) bond motifs is 2. The van der Waals surface area contributed by atoms with Crippen molar-refractivity contribution in [2.45, 2.75) is 12.3 Å². The lowest BCUT2D eigenvalue weighted by Gasteiger charge is -2.31. The number of hydrogen-bond donors (Lipinski definition) is 0. The SMILES string of the molecule is O=C1OC[C@H]2[C@@H]1Cc1ccccc1[C@@H]2/C=C/c1ccc(-c2cccc(F)c2)cn1. The number of allylic oxidation sites excluding steroid dienone is 1. The highest BCUT2D eigenvalue weighted by Crippen LogP contribution is 2.44. The van der Waals surface area contributed by atoms with Crippen LogP contribution in [0.2, 0.25) is 0 Å². The van der Waals surface area contributed by atoms with Crippen molar-refractivity contribution < 1.29 is 13.9 Å². The van der Waals surface area contributed by atoms with Gasteiger partial charge in [-0.15, -0.1) is 0 Å². The van der Waals surface area contributed by atoms with Crippen LogP contribution in [0.5, 0.6) is 0 Å². The number of benzene rings is 2. The summed E-state index contributed by atoms with van der Waals surface area (Å²) in [4.78, 5) is 16.7. The van der Waals surface area contributed by atoms with Crippen LogP contribution in [0.15, 0.2) is 72.9 Å². The molecular formula is C25H20FNO2. The third kappa shape index (κ3) is 3.35. The molecule has 3 nitrogen and oxygen atoms in total. The van der Waals surface area contributed by atoms with E-state index in [0.717, 1.165) is 23.2 Å². The predicted molar refractivity (Wildman–Crippen MR) is 109 cm³/mol. The van der Waals surface area contributed by atoms with Gasteiger partial charge in [0, 0.05) is 23.6 Å². The van der Waals surface area contributed by atoms with Crippen molar-refractivity contribution >= 4 is 12.0 Å². The Morgan fingerprint density at radius 2 is 1.93 bits per heavy atom. The van der Waals surface area contributed by atoms with Crippen LogP contribution in [0, 0.1) is 17.7 Å². The molecule has 1 aliphatic carbocycles. The summed E-state index contributed by atoms with van der Waals surface area (Å²) in [6.45, 7) is 0.471. The molecule has 4 heteroatoms. The van der Waals surface area contributed by atoms with Gasteiger partial charge in [0.1, 0.15) is 5.82 Å². The van der Waals surface area contributed by atoms with Crippen molar-refractivity contribution in [1.29, 1.82) is 0 Å². The third-order valence-corrected chi connectivity index (χ3v) is 5.97. The Morgan fingerprint density at radius 1 is 1.03 bits per heavy atom. The summed E-state index contributed by atoms with van der Waals surface area (Å²) in [5.41, 5.74) is 4.99. The second kappa shape index (κ2) is 7.28. The molecule has 1 aromatic heterocycles. The molecule has 0 N–H and O–H groups in total. The standard InChI is InChI=1S/C25H20FNO2/c26-19-6-3-5-16(12-19)18-8-9-20(27-14-18)10-11-22-21-7-2-1-4-17(21)13-23-24(22)15-29-25(23)28/h1-12,14,22-24H,13,15H2/b11-10+/t22-,23-,24+/m0/s1. The van der Waals surface area contributed by atoms with Gasteiger partial charge in [0.05, 0.1) is 18.2 Å². The quantitative estimate of drug-likeness (QED) is 0.594. The van der Waals surface area contributed by atoms with Gasteiger partial charge in [-0.2, -0.15) is 0 Å². The molecule has 144 valence electrons. The van der Waals surface area contributed by atoms with Gasteiger partial charge in [-0.3, -0.25) is 9.78 Å². The van der Waals surface area contributed by atoms with E-state index in [1.165, 1.54) is 23.3 Å². The fourth-order valence-electron chi connectivity index (χ4n) is 4.47. The van der Waals surface area contributed by atoms with Crippen LogP contribution >= 0.6 is 0 Å². The first-order valence-electron chi connectivity index (χ1n) is 9.84. The van der Waals surface area contributed by atoms with Crippen LogP contribution in [0.4, 0.5) is 4.39 Å². The van der Waals surface area contributed by atoms with E-state index < -0.39 is 0 Å². The van der Waals surface area contributed by atoms with E-state index in [4.69, 9.17) is 4.74 Å². The van der Waals surface area contributed by atoms with Crippen molar-refractivity contribution in [2.24, 2.45) is 11.8 Å². The minimum absolute atomic E-state index is 0.0668. The van der Waals surface area contributed by atoms with Crippen molar-refractivity contribution in [3.05, 3.63) is 95.6 Å². The number of pyridine rings is 1. The lowest BCUT2D eigenvalue weighted by molar-refractivity contribution is -0.141. The Hall–Kier alpha value is -3.27. The molecule has 1 saturated heterocycles. The smallest absolute Gasteiger partial charge is 0.309 e. The van der Waals surface area contributed by atoms with Crippen LogP contribution in [0.3, 0.4) is 0 Å². The zero-order valence-corrected chi connectivity index (χ0v) is 15.8. The van der Waals surface area contributed by atoms with Crippen LogP contribution in [0.1, 0.15) is 22.7 Å². The van der Waals surface area contributed by atoms with Gasteiger partial charge in [0.15, 0.2) is 0 Å². The molecule has 29 heavy (non-hydrogen) atoms. The van der Waals surface area contributed by atoms with Gasteiger partial charge in [-0.25, -0.2) is 4.39 Å². The van der Waals surface area contributed by atoms with E-state index in [1.54, 1.807) is 12.3 Å². The number of aromatic nitrogens is 1. The lowest BCUT2D eigenvalue weighted by atomic mass is 9.70. The summed E-state index contributed by atoms with van der Waals surface area (Å²) in [5, 5.41) is 0. The number of esters is 1. The number of nitrogens with zero attached hydrogens (tertiary/aromatic N) is 1. The molecule has 3 aromatic rings. The van der Waals surface area contributed by atoms with E-state index >= 15 is 0 Å².